The highest BCUT2D eigenvalue weighted by atomic mass is 79.9. The first-order valence-corrected chi connectivity index (χ1v) is 21.7. The van der Waals surface area contributed by atoms with Crippen molar-refractivity contribution in [3.05, 3.63) is 128 Å². The quantitative estimate of drug-likeness (QED) is 0.0990. The van der Waals surface area contributed by atoms with Crippen molar-refractivity contribution in [3.8, 4) is 44.8 Å². The Morgan fingerprint density at radius 2 is 1.13 bits per heavy atom. The van der Waals surface area contributed by atoms with E-state index in [1.807, 2.05) is 29.1 Å². The Morgan fingerprint density at radius 3 is 1.63 bits per heavy atom. The number of halogens is 7. The van der Waals surface area contributed by atoms with Gasteiger partial charge in [0.2, 0.25) is 0 Å². The molecule has 60 heavy (non-hydrogen) atoms. The van der Waals surface area contributed by atoms with Crippen molar-refractivity contribution < 1.29 is 22.4 Å². The largest absolute Gasteiger partial charge is 0.342 e. The Hall–Kier alpha value is -4.04. The molecule has 6 aliphatic rings. The van der Waals surface area contributed by atoms with Gasteiger partial charge in [-0.2, -0.15) is 17.6 Å². The van der Waals surface area contributed by atoms with Crippen LogP contribution in [0.5, 0.6) is 0 Å². The number of aromatic nitrogens is 4. The van der Waals surface area contributed by atoms with Crippen molar-refractivity contribution in [1.82, 2.24) is 24.7 Å². The molecule has 2 spiro atoms. The number of hydrogen-bond donors (Lipinski definition) is 2. The number of nitrogens with zero attached hydrogens (tertiary/aromatic N) is 3. The zero-order valence-electron chi connectivity index (χ0n) is 32.2. The van der Waals surface area contributed by atoms with Gasteiger partial charge in [0.05, 0.1) is 36.0 Å². The van der Waals surface area contributed by atoms with Crippen LogP contribution in [0, 0.1) is 10.8 Å². The first kappa shape index (κ1) is 40.1. The maximum Gasteiger partial charge on any atom is 0.299 e. The molecule has 12 rings (SSSR count). The van der Waals surface area contributed by atoms with E-state index in [1.165, 1.54) is 57.1 Å². The Balaban J connectivity index is 0.000000143. The van der Waals surface area contributed by atoms with Crippen LogP contribution in [0.2, 0.25) is 0 Å². The van der Waals surface area contributed by atoms with E-state index in [9.17, 15) is 4.79 Å². The number of rotatable bonds is 6. The lowest BCUT2D eigenvalue weighted by Crippen LogP contribution is -2.29. The van der Waals surface area contributed by atoms with Gasteiger partial charge in [0.1, 0.15) is 11.6 Å². The molecule has 4 fully saturated rings. The minimum absolute atomic E-state index is 0. The van der Waals surface area contributed by atoms with Gasteiger partial charge in [-0.1, -0.05) is 68.3 Å². The van der Waals surface area contributed by atoms with Crippen LogP contribution in [0.25, 0.3) is 44.8 Å². The minimum Gasteiger partial charge on any atom is -0.342 e. The third-order valence-electron chi connectivity index (χ3n) is 13.9. The molecule has 5 aliphatic carbocycles. The standard InChI is InChI=1S/C23H18BBrF2N3O.C23H19BrF2N2.ClH/c25-14-2-4-16-15-3-1-13(7-17(15)23(26,27)18(16)8-14)19-10-28-21(29-19)20-9-22(5-6-22)11-30(20)24-12-31;24-15-2-4-17-16-3-1-13(9-18(16)23(25,26)19(17)10-15)20-12-27-21(28-20)14-5-6-22(11-14)7-8-22;/h1-4,7-8,10,12,20H,5-6,9,11H2,(H,28,29);1-4,9-10,12,14H,5-8,11H2,(H,27,28);1H/t20-;14-;/m00./s1. The van der Waals surface area contributed by atoms with Crippen LogP contribution in [0.15, 0.2) is 94.1 Å². The zero-order chi connectivity index (χ0) is 40.5. The molecule has 2 atom stereocenters. The summed E-state index contributed by atoms with van der Waals surface area (Å²) in [6, 6.07) is 20.7. The van der Waals surface area contributed by atoms with E-state index in [4.69, 9.17) is 0 Å². The second kappa shape index (κ2) is 14.3. The average molecular weight is 959 g/mol. The lowest BCUT2D eigenvalue weighted by molar-refractivity contribution is 0.0474. The fraction of sp³-hybridized carbons (Fsp3) is 0.326. The van der Waals surface area contributed by atoms with E-state index >= 15 is 17.6 Å². The predicted octanol–water partition coefficient (Wildman–Crippen LogP) is 12.7. The lowest BCUT2D eigenvalue weighted by Gasteiger charge is -2.19. The molecule has 1 saturated heterocycles. The Bertz CT molecular complexity index is 2710. The normalized spacial score (nSPS) is 22.3. The molecular weight excluding hydrogens is 921 g/mol. The van der Waals surface area contributed by atoms with Gasteiger partial charge in [-0.05, 0) is 127 Å². The molecular formula is C46H38BBr2ClF4N5O. The summed E-state index contributed by atoms with van der Waals surface area (Å²) in [5, 5.41) is 0. The average Bonchev–Trinajstić information content (AvgIpc) is 3.68. The molecule has 1 radical (unpaired) electrons. The van der Waals surface area contributed by atoms with Gasteiger partial charge in [0.25, 0.3) is 19.3 Å². The fourth-order valence-corrected chi connectivity index (χ4v) is 11.0. The van der Waals surface area contributed by atoms with E-state index in [1.54, 1.807) is 56.2 Å². The van der Waals surface area contributed by atoms with Crippen molar-refractivity contribution in [2.75, 3.05) is 6.54 Å². The van der Waals surface area contributed by atoms with Crippen LogP contribution in [0.3, 0.4) is 0 Å². The first-order valence-electron chi connectivity index (χ1n) is 20.2. The number of imidazole rings is 2. The second-order valence-corrected chi connectivity index (χ2v) is 19.4. The van der Waals surface area contributed by atoms with Gasteiger partial charge in [-0.3, -0.25) is 0 Å². The van der Waals surface area contributed by atoms with Gasteiger partial charge in [0, 0.05) is 48.2 Å². The smallest absolute Gasteiger partial charge is 0.299 e. The third-order valence-corrected chi connectivity index (χ3v) is 14.9. The van der Waals surface area contributed by atoms with E-state index in [2.05, 4.69) is 51.8 Å². The van der Waals surface area contributed by atoms with E-state index in [0.717, 1.165) is 42.1 Å². The summed E-state index contributed by atoms with van der Waals surface area (Å²) in [5.41, 5.74) is 6.40. The molecule has 0 amide bonds. The molecule has 1 aliphatic heterocycles. The van der Waals surface area contributed by atoms with Crippen LogP contribution in [-0.2, 0) is 16.6 Å². The number of carbonyl (C=O) groups excluding carboxylic acids is 1. The van der Waals surface area contributed by atoms with Crippen LogP contribution in [-0.4, -0.2) is 44.9 Å². The van der Waals surface area contributed by atoms with Crippen molar-refractivity contribution >= 4 is 57.9 Å². The van der Waals surface area contributed by atoms with Crippen LogP contribution >= 0.6 is 44.3 Å². The Kier molecular flexibility index (Phi) is 9.52. The zero-order valence-corrected chi connectivity index (χ0v) is 36.2. The molecule has 2 N–H and O–H groups in total. The number of hydrogen-bond acceptors (Lipinski definition) is 4. The van der Waals surface area contributed by atoms with Crippen LogP contribution in [0.1, 0.15) is 97.2 Å². The summed E-state index contributed by atoms with van der Waals surface area (Å²) in [4.78, 5) is 29.0. The molecule has 3 saturated carbocycles. The van der Waals surface area contributed by atoms with E-state index < -0.39 is 11.8 Å². The van der Waals surface area contributed by atoms with Gasteiger partial charge in [0.15, 0.2) is 0 Å². The van der Waals surface area contributed by atoms with E-state index in [-0.39, 0.29) is 40.7 Å². The number of aromatic amines is 2. The molecule has 0 unspecified atom stereocenters. The second-order valence-electron chi connectivity index (χ2n) is 17.5. The number of carbonyl (C=O) groups is 1. The van der Waals surface area contributed by atoms with Gasteiger partial charge in [-0.15, -0.1) is 12.4 Å². The first-order chi connectivity index (χ1) is 28.4. The summed E-state index contributed by atoms with van der Waals surface area (Å²) >= 11 is 6.61. The van der Waals surface area contributed by atoms with Crippen molar-refractivity contribution in [2.24, 2.45) is 10.8 Å². The van der Waals surface area contributed by atoms with Crippen molar-refractivity contribution in [1.29, 1.82) is 0 Å². The maximum absolute atomic E-state index is 15.2. The third kappa shape index (κ3) is 6.56. The van der Waals surface area contributed by atoms with Gasteiger partial charge < -0.3 is 19.6 Å². The molecule has 6 nitrogen and oxygen atoms in total. The molecule has 305 valence electrons. The summed E-state index contributed by atoms with van der Waals surface area (Å²) < 4.78 is 61.9. The van der Waals surface area contributed by atoms with Crippen LogP contribution in [0.4, 0.5) is 17.6 Å². The highest BCUT2D eigenvalue weighted by Gasteiger charge is 2.53. The van der Waals surface area contributed by atoms with Crippen molar-refractivity contribution in [2.45, 2.75) is 75.2 Å². The summed E-state index contributed by atoms with van der Waals surface area (Å²) in [6.45, 7) is 0.866. The fourth-order valence-electron chi connectivity index (χ4n) is 10.3. The van der Waals surface area contributed by atoms with Crippen LogP contribution < -0.4 is 0 Å². The molecule has 14 heteroatoms. The number of nitrogens with one attached hydrogen (secondary N) is 2. The maximum atomic E-state index is 15.2. The number of alkyl halides is 4. The summed E-state index contributed by atoms with van der Waals surface area (Å²) in [6.07, 6.45) is 14.0. The molecule has 4 aromatic carbocycles. The minimum atomic E-state index is -3.05. The summed E-state index contributed by atoms with van der Waals surface area (Å²) in [5.74, 6) is -3.77. The Labute approximate surface area is 368 Å². The monoisotopic (exact) mass is 956 g/mol. The number of fused-ring (bicyclic) bond motifs is 6. The highest BCUT2D eigenvalue weighted by Crippen LogP contribution is 2.62. The molecule has 3 heterocycles. The molecule has 2 aromatic heterocycles. The number of H-pyrrole nitrogens is 2. The Morgan fingerprint density at radius 1 is 0.650 bits per heavy atom. The van der Waals surface area contributed by atoms with Gasteiger partial charge >= 0.3 is 0 Å². The molecule has 6 aromatic rings. The van der Waals surface area contributed by atoms with E-state index in [0.29, 0.717) is 59.2 Å². The SMILES string of the molecule is Cl.FC1(F)c2cc(Br)ccc2-c2ccc(-c3cnc([C@H]4CCC5(CC5)C4)[nH]3)cc21.O=C[B]N1CC2(CC2)C[C@H]1c1ncc(-c2ccc3c(c2)C(F)(F)c2cc(Br)ccc2-3)[nH]1. The highest BCUT2D eigenvalue weighted by molar-refractivity contribution is 9.10. The summed E-state index contributed by atoms with van der Waals surface area (Å²) in [7, 11) is 1.59. The molecule has 0 bridgehead atoms. The van der Waals surface area contributed by atoms with Gasteiger partial charge in [-0.25, -0.2) is 9.97 Å². The topological polar surface area (TPSA) is 77.7 Å². The predicted molar refractivity (Wildman–Crippen MR) is 234 cm³/mol. The van der Waals surface area contributed by atoms with Crippen molar-refractivity contribution in [3.63, 3.8) is 0 Å². The lowest BCUT2D eigenvalue weighted by atomic mass is 9.93. The number of benzene rings is 4.